The minimum Gasteiger partial charge on any atom is -0.367 e. The van der Waals surface area contributed by atoms with Gasteiger partial charge in [0.2, 0.25) is 0 Å². The van der Waals surface area contributed by atoms with Crippen LogP contribution in [0.4, 0.5) is 5.69 Å². The summed E-state index contributed by atoms with van der Waals surface area (Å²) in [6.45, 7) is 8.13. The van der Waals surface area contributed by atoms with E-state index in [1.807, 2.05) is 19.9 Å². The van der Waals surface area contributed by atoms with Crippen LogP contribution in [0.15, 0.2) is 16.6 Å². The Balaban J connectivity index is 2.28. The van der Waals surface area contributed by atoms with E-state index >= 15 is 0 Å². The van der Waals surface area contributed by atoms with Crippen molar-refractivity contribution in [2.45, 2.75) is 13.8 Å². The van der Waals surface area contributed by atoms with Gasteiger partial charge in [-0.25, -0.2) is 0 Å². The Morgan fingerprint density at radius 2 is 1.95 bits per heavy atom. The van der Waals surface area contributed by atoms with Crippen molar-refractivity contribution in [3.8, 4) is 0 Å². The zero-order chi connectivity index (χ0) is 14.3. The van der Waals surface area contributed by atoms with Gasteiger partial charge in [-0.3, -0.25) is 4.98 Å². The van der Waals surface area contributed by atoms with Crippen LogP contribution < -0.4 is 10.2 Å². The standard InChI is InChI=1S/C15H17BrClN3/c1-9-12(17)4-3-11-14(9)19-10(2)13(16)15(11)20-7-5-18-6-8-20/h3-4,18H,5-8H2,1-2H3. The summed E-state index contributed by atoms with van der Waals surface area (Å²) in [4.78, 5) is 7.14. The Morgan fingerprint density at radius 3 is 2.65 bits per heavy atom. The summed E-state index contributed by atoms with van der Waals surface area (Å²) in [6, 6.07) is 4.05. The number of benzene rings is 1. The molecule has 0 atom stereocenters. The molecule has 2 heterocycles. The van der Waals surface area contributed by atoms with Crippen molar-refractivity contribution in [1.29, 1.82) is 0 Å². The fourth-order valence-electron chi connectivity index (χ4n) is 2.71. The third-order valence-electron chi connectivity index (χ3n) is 3.86. The Morgan fingerprint density at radius 1 is 1.25 bits per heavy atom. The Bertz CT molecular complexity index is 666. The quantitative estimate of drug-likeness (QED) is 0.847. The molecule has 1 aliphatic heterocycles. The molecule has 0 amide bonds. The van der Waals surface area contributed by atoms with E-state index in [9.17, 15) is 0 Å². The van der Waals surface area contributed by atoms with Crippen LogP contribution in [0.5, 0.6) is 0 Å². The van der Waals surface area contributed by atoms with Gasteiger partial charge in [0, 0.05) is 36.6 Å². The molecule has 1 saturated heterocycles. The van der Waals surface area contributed by atoms with Gasteiger partial charge in [-0.05, 0) is 47.5 Å². The second-order valence-electron chi connectivity index (χ2n) is 5.17. The summed E-state index contributed by atoms with van der Waals surface area (Å²) >= 11 is 9.96. The van der Waals surface area contributed by atoms with Crippen LogP contribution in [-0.2, 0) is 0 Å². The first-order valence-electron chi connectivity index (χ1n) is 6.80. The molecule has 2 aromatic rings. The van der Waals surface area contributed by atoms with E-state index in [0.717, 1.165) is 52.4 Å². The van der Waals surface area contributed by atoms with Crippen LogP contribution in [0.25, 0.3) is 10.9 Å². The summed E-state index contributed by atoms with van der Waals surface area (Å²) in [5.41, 5.74) is 4.31. The van der Waals surface area contributed by atoms with Crippen LogP contribution in [0, 0.1) is 13.8 Å². The molecule has 1 aliphatic rings. The number of nitrogens with zero attached hydrogens (tertiary/aromatic N) is 2. The molecule has 1 N–H and O–H groups in total. The summed E-state index contributed by atoms with van der Waals surface area (Å²) in [5, 5.41) is 5.34. The van der Waals surface area contributed by atoms with Gasteiger partial charge >= 0.3 is 0 Å². The van der Waals surface area contributed by atoms with Crippen molar-refractivity contribution >= 4 is 44.1 Å². The molecule has 0 spiro atoms. The number of pyridine rings is 1. The molecule has 3 nitrogen and oxygen atoms in total. The monoisotopic (exact) mass is 353 g/mol. The molecule has 3 rings (SSSR count). The normalized spacial score (nSPS) is 15.9. The Hall–Kier alpha value is -0.840. The van der Waals surface area contributed by atoms with Crippen molar-refractivity contribution in [2.24, 2.45) is 0 Å². The van der Waals surface area contributed by atoms with Gasteiger partial charge in [-0.2, -0.15) is 0 Å². The number of nitrogens with one attached hydrogen (secondary N) is 1. The van der Waals surface area contributed by atoms with Crippen LogP contribution in [0.3, 0.4) is 0 Å². The topological polar surface area (TPSA) is 28.2 Å². The molecule has 0 aliphatic carbocycles. The van der Waals surface area contributed by atoms with Gasteiger partial charge in [0.1, 0.15) is 0 Å². The van der Waals surface area contributed by atoms with E-state index in [0.29, 0.717) is 0 Å². The molecule has 1 fully saturated rings. The lowest BCUT2D eigenvalue weighted by Crippen LogP contribution is -2.43. The van der Waals surface area contributed by atoms with E-state index in [4.69, 9.17) is 16.6 Å². The maximum atomic E-state index is 6.24. The van der Waals surface area contributed by atoms with Crippen molar-refractivity contribution in [2.75, 3.05) is 31.1 Å². The first-order chi connectivity index (χ1) is 9.59. The van der Waals surface area contributed by atoms with E-state index in [2.05, 4.69) is 32.2 Å². The summed E-state index contributed by atoms with van der Waals surface area (Å²) in [7, 11) is 0. The number of hydrogen-bond acceptors (Lipinski definition) is 3. The highest BCUT2D eigenvalue weighted by Gasteiger charge is 2.20. The molecule has 0 unspecified atom stereocenters. The Labute approximate surface area is 132 Å². The molecule has 1 aromatic heterocycles. The van der Waals surface area contributed by atoms with Crippen LogP contribution in [0.2, 0.25) is 5.02 Å². The number of hydrogen-bond donors (Lipinski definition) is 1. The first kappa shape index (κ1) is 14.1. The van der Waals surface area contributed by atoms with Crippen LogP contribution in [0.1, 0.15) is 11.3 Å². The predicted octanol–water partition coefficient (Wildman–Crippen LogP) is 3.68. The Kier molecular flexibility index (Phi) is 3.89. The highest BCUT2D eigenvalue weighted by molar-refractivity contribution is 9.10. The number of aryl methyl sites for hydroxylation is 2. The fourth-order valence-corrected chi connectivity index (χ4v) is 3.42. The molecule has 5 heteroatoms. The SMILES string of the molecule is Cc1nc2c(C)c(Cl)ccc2c(N2CCNCC2)c1Br. The number of halogens is 2. The smallest absolute Gasteiger partial charge is 0.0770 e. The number of rotatable bonds is 1. The number of anilines is 1. The minimum atomic E-state index is 0.776. The van der Waals surface area contributed by atoms with Gasteiger partial charge in [-0.15, -0.1) is 0 Å². The van der Waals surface area contributed by atoms with E-state index in [-0.39, 0.29) is 0 Å². The first-order valence-corrected chi connectivity index (χ1v) is 7.97. The second kappa shape index (κ2) is 5.51. The average Bonchev–Trinajstić information content (AvgIpc) is 2.46. The number of fused-ring (bicyclic) bond motifs is 1. The maximum absolute atomic E-state index is 6.24. The molecular weight excluding hydrogens is 338 g/mol. The van der Waals surface area contributed by atoms with Gasteiger partial charge in [-0.1, -0.05) is 11.6 Å². The second-order valence-corrected chi connectivity index (χ2v) is 6.37. The molecule has 20 heavy (non-hydrogen) atoms. The highest BCUT2D eigenvalue weighted by Crippen LogP contribution is 2.38. The predicted molar refractivity (Wildman–Crippen MR) is 89.0 cm³/mol. The molecule has 106 valence electrons. The zero-order valence-electron chi connectivity index (χ0n) is 11.6. The number of aromatic nitrogens is 1. The van der Waals surface area contributed by atoms with E-state index in [1.54, 1.807) is 0 Å². The third kappa shape index (κ3) is 2.30. The van der Waals surface area contributed by atoms with Gasteiger partial charge in [0.05, 0.1) is 21.4 Å². The van der Waals surface area contributed by atoms with Gasteiger partial charge in [0.25, 0.3) is 0 Å². The molecule has 0 bridgehead atoms. The molecule has 0 saturated carbocycles. The van der Waals surface area contributed by atoms with Crippen molar-refractivity contribution in [3.63, 3.8) is 0 Å². The van der Waals surface area contributed by atoms with Crippen molar-refractivity contribution in [3.05, 3.63) is 32.9 Å². The van der Waals surface area contributed by atoms with Gasteiger partial charge in [0.15, 0.2) is 0 Å². The zero-order valence-corrected chi connectivity index (χ0v) is 14.0. The summed E-state index contributed by atoms with van der Waals surface area (Å²) < 4.78 is 1.09. The van der Waals surface area contributed by atoms with Crippen LogP contribution in [-0.4, -0.2) is 31.2 Å². The third-order valence-corrected chi connectivity index (χ3v) is 5.22. The maximum Gasteiger partial charge on any atom is 0.0770 e. The summed E-state index contributed by atoms with van der Waals surface area (Å²) in [6.07, 6.45) is 0. The number of piperazine rings is 1. The summed E-state index contributed by atoms with van der Waals surface area (Å²) in [5.74, 6) is 0. The minimum absolute atomic E-state index is 0.776. The molecular formula is C15H17BrClN3. The van der Waals surface area contributed by atoms with Crippen molar-refractivity contribution < 1.29 is 0 Å². The lowest BCUT2D eigenvalue weighted by molar-refractivity contribution is 0.589. The van der Waals surface area contributed by atoms with Gasteiger partial charge < -0.3 is 10.2 Å². The average molecular weight is 355 g/mol. The van der Waals surface area contributed by atoms with Crippen molar-refractivity contribution in [1.82, 2.24) is 10.3 Å². The highest BCUT2D eigenvalue weighted by atomic mass is 79.9. The largest absolute Gasteiger partial charge is 0.367 e. The van der Waals surface area contributed by atoms with E-state index in [1.165, 1.54) is 11.1 Å². The molecule has 1 aromatic carbocycles. The lowest BCUT2D eigenvalue weighted by atomic mass is 10.1. The lowest BCUT2D eigenvalue weighted by Gasteiger charge is -2.31. The fraction of sp³-hybridized carbons (Fsp3) is 0.400. The van der Waals surface area contributed by atoms with E-state index < -0.39 is 0 Å². The van der Waals surface area contributed by atoms with Crippen LogP contribution >= 0.6 is 27.5 Å². The molecule has 0 radical (unpaired) electrons.